The van der Waals surface area contributed by atoms with Crippen LogP contribution in [0.25, 0.3) is 0 Å². The van der Waals surface area contributed by atoms with Crippen molar-refractivity contribution in [3.8, 4) is 0 Å². The molecule has 0 aromatic rings. The van der Waals surface area contributed by atoms with Gasteiger partial charge in [-0.15, -0.1) is 0 Å². The van der Waals surface area contributed by atoms with Gasteiger partial charge in [0, 0.05) is 19.1 Å². The summed E-state index contributed by atoms with van der Waals surface area (Å²) in [5.74, 6) is 2.10. The average Bonchev–Trinajstić information content (AvgIpc) is 2.76. The average molecular weight is 197 g/mol. The second kappa shape index (κ2) is 4.19. The molecule has 2 rings (SSSR count). The molecule has 2 aliphatic rings. The van der Waals surface area contributed by atoms with Crippen LogP contribution in [0.2, 0.25) is 0 Å². The fourth-order valence-electron chi connectivity index (χ4n) is 3.16. The topological polar surface area (TPSA) is 21.3 Å². The van der Waals surface area contributed by atoms with Gasteiger partial charge in [-0.25, -0.2) is 0 Å². The summed E-state index contributed by atoms with van der Waals surface area (Å²) in [5.41, 5.74) is 0.484. The van der Waals surface area contributed by atoms with Crippen molar-refractivity contribution in [2.45, 2.75) is 32.6 Å². The Morgan fingerprint density at radius 1 is 1.36 bits per heavy atom. The molecular weight excluding hydrogens is 174 g/mol. The summed E-state index contributed by atoms with van der Waals surface area (Å²) >= 11 is 0. The molecule has 0 spiro atoms. The summed E-state index contributed by atoms with van der Waals surface area (Å²) in [4.78, 5) is 0. The van der Waals surface area contributed by atoms with Gasteiger partial charge in [0.15, 0.2) is 0 Å². The van der Waals surface area contributed by atoms with Crippen molar-refractivity contribution in [2.24, 2.45) is 17.3 Å². The van der Waals surface area contributed by atoms with E-state index in [1.165, 1.54) is 32.2 Å². The van der Waals surface area contributed by atoms with Crippen LogP contribution in [0, 0.1) is 17.3 Å². The van der Waals surface area contributed by atoms with Crippen molar-refractivity contribution in [1.82, 2.24) is 5.32 Å². The number of fused-ring (bicyclic) bond motifs is 1. The smallest absolute Gasteiger partial charge is 0.0531 e. The highest BCUT2D eigenvalue weighted by atomic mass is 16.5. The summed E-state index contributed by atoms with van der Waals surface area (Å²) < 4.78 is 5.39. The van der Waals surface area contributed by atoms with Gasteiger partial charge in [0.25, 0.3) is 0 Å². The molecule has 2 nitrogen and oxygen atoms in total. The molecule has 0 saturated heterocycles. The van der Waals surface area contributed by atoms with E-state index in [0.717, 1.165) is 25.0 Å². The second-order valence-corrected chi connectivity index (χ2v) is 5.27. The van der Waals surface area contributed by atoms with Crippen LogP contribution in [0.4, 0.5) is 0 Å². The molecule has 2 aliphatic carbocycles. The van der Waals surface area contributed by atoms with Gasteiger partial charge in [-0.1, -0.05) is 6.92 Å². The first-order valence-corrected chi connectivity index (χ1v) is 5.99. The lowest BCUT2D eigenvalue weighted by Crippen LogP contribution is -2.37. The highest BCUT2D eigenvalue weighted by Crippen LogP contribution is 2.59. The standard InChI is InChI=1S/C12H23NO/c1-3-4-13-8-12(9-14-2)6-10-5-11(10)7-12/h10-11,13H,3-9H2,1-2H3. The Labute approximate surface area is 87.4 Å². The van der Waals surface area contributed by atoms with Crippen molar-refractivity contribution in [3.63, 3.8) is 0 Å². The SMILES string of the molecule is CCCNCC1(COC)CC2CC2C1. The molecule has 14 heavy (non-hydrogen) atoms. The Hall–Kier alpha value is -0.0800. The minimum Gasteiger partial charge on any atom is -0.384 e. The van der Waals surface area contributed by atoms with Crippen LogP contribution >= 0.6 is 0 Å². The van der Waals surface area contributed by atoms with Crippen LogP contribution < -0.4 is 5.32 Å². The monoisotopic (exact) mass is 197 g/mol. The van der Waals surface area contributed by atoms with E-state index in [4.69, 9.17) is 4.74 Å². The molecule has 0 bridgehead atoms. The second-order valence-electron chi connectivity index (χ2n) is 5.27. The van der Waals surface area contributed by atoms with Crippen LogP contribution in [-0.2, 0) is 4.74 Å². The number of nitrogens with one attached hydrogen (secondary N) is 1. The lowest BCUT2D eigenvalue weighted by molar-refractivity contribution is 0.0734. The molecule has 2 saturated carbocycles. The molecule has 2 unspecified atom stereocenters. The maximum absolute atomic E-state index is 5.39. The summed E-state index contributed by atoms with van der Waals surface area (Å²) in [6.45, 7) is 5.50. The van der Waals surface area contributed by atoms with Crippen molar-refractivity contribution < 1.29 is 4.74 Å². The maximum atomic E-state index is 5.39. The summed E-state index contributed by atoms with van der Waals surface area (Å²) in [6, 6.07) is 0. The molecule has 82 valence electrons. The van der Waals surface area contributed by atoms with Gasteiger partial charge in [0.1, 0.15) is 0 Å². The summed E-state index contributed by atoms with van der Waals surface area (Å²) in [5, 5.41) is 3.56. The molecular formula is C12H23NO. The lowest BCUT2D eigenvalue weighted by atomic mass is 9.83. The summed E-state index contributed by atoms with van der Waals surface area (Å²) in [6.07, 6.45) is 5.54. The quantitative estimate of drug-likeness (QED) is 0.658. The van der Waals surface area contributed by atoms with E-state index in [1.54, 1.807) is 0 Å². The minimum absolute atomic E-state index is 0.484. The Balaban J connectivity index is 1.80. The van der Waals surface area contributed by atoms with Crippen molar-refractivity contribution >= 4 is 0 Å². The first kappa shape index (κ1) is 10.4. The fraction of sp³-hybridized carbons (Fsp3) is 1.00. The van der Waals surface area contributed by atoms with Crippen LogP contribution in [-0.4, -0.2) is 26.8 Å². The van der Waals surface area contributed by atoms with E-state index in [1.807, 2.05) is 7.11 Å². The van der Waals surface area contributed by atoms with Crippen LogP contribution in [0.15, 0.2) is 0 Å². The maximum Gasteiger partial charge on any atom is 0.0531 e. The zero-order valence-electron chi connectivity index (χ0n) is 9.51. The Morgan fingerprint density at radius 3 is 2.64 bits per heavy atom. The molecule has 2 atom stereocenters. The van der Waals surface area contributed by atoms with Crippen molar-refractivity contribution in [1.29, 1.82) is 0 Å². The van der Waals surface area contributed by atoms with E-state index in [-0.39, 0.29) is 0 Å². The third-order valence-electron chi connectivity index (χ3n) is 3.84. The van der Waals surface area contributed by atoms with Crippen LogP contribution in [0.3, 0.4) is 0 Å². The van der Waals surface area contributed by atoms with Crippen LogP contribution in [0.1, 0.15) is 32.6 Å². The predicted molar refractivity (Wildman–Crippen MR) is 58.3 cm³/mol. The number of rotatable bonds is 6. The molecule has 2 fully saturated rings. The molecule has 2 heteroatoms. The highest BCUT2D eigenvalue weighted by Gasteiger charge is 2.53. The number of methoxy groups -OCH3 is 1. The normalized spacial score (nSPS) is 39.9. The molecule has 0 heterocycles. The van der Waals surface area contributed by atoms with Gasteiger partial charge < -0.3 is 10.1 Å². The number of hydrogen-bond acceptors (Lipinski definition) is 2. The molecule has 0 aromatic carbocycles. The third kappa shape index (κ3) is 2.12. The largest absolute Gasteiger partial charge is 0.384 e. The first-order chi connectivity index (χ1) is 6.79. The third-order valence-corrected chi connectivity index (χ3v) is 3.84. The molecule has 0 aromatic heterocycles. The molecule has 0 amide bonds. The van der Waals surface area contributed by atoms with E-state index in [0.29, 0.717) is 5.41 Å². The molecule has 0 aliphatic heterocycles. The summed E-state index contributed by atoms with van der Waals surface area (Å²) in [7, 11) is 1.84. The van der Waals surface area contributed by atoms with E-state index >= 15 is 0 Å². The van der Waals surface area contributed by atoms with Gasteiger partial charge in [-0.05, 0) is 44.1 Å². The van der Waals surface area contributed by atoms with Gasteiger partial charge in [-0.2, -0.15) is 0 Å². The van der Waals surface area contributed by atoms with Gasteiger partial charge in [0.2, 0.25) is 0 Å². The Kier molecular flexibility index (Phi) is 3.13. The zero-order valence-corrected chi connectivity index (χ0v) is 9.51. The predicted octanol–water partition coefficient (Wildman–Crippen LogP) is 2.05. The van der Waals surface area contributed by atoms with E-state index in [9.17, 15) is 0 Å². The fourth-order valence-corrected chi connectivity index (χ4v) is 3.16. The molecule has 1 N–H and O–H groups in total. The van der Waals surface area contributed by atoms with Crippen molar-refractivity contribution in [2.75, 3.05) is 26.8 Å². The number of ether oxygens (including phenoxy) is 1. The first-order valence-electron chi connectivity index (χ1n) is 5.99. The molecule has 0 radical (unpaired) electrons. The minimum atomic E-state index is 0.484. The lowest BCUT2D eigenvalue weighted by Gasteiger charge is -2.30. The van der Waals surface area contributed by atoms with Crippen molar-refractivity contribution in [3.05, 3.63) is 0 Å². The highest BCUT2D eigenvalue weighted by molar-refractivity contribution is 5.04. The zero-order chi connectivity index (χ0) is 10.0. The van der Waals surface area contributed by atoms with E-state index < -0.39 is 0 Å². The van der Waals surface area contributed by atoms with Gasteiger partial charge in [-0.3, -0.25) is 0 Å². The van der Waals surface area contributed by atoms with Gasteiger partial charge in [0.05, 0.1) is 6.61 Å². The van der Waals surface area contributed by atoms with E-state index in [2.05, 4.69) is 12.2 Å². The van der Waals surface area contributed by atoms with Crippen LogP contribution in [0.5, 0.6) is 0 Å². The Bertz CT molecular complexity index is 183. The van der Waals surface area contributed by atoms with Gasteiger partial charge >= 0.3 is 0 Å². The Morgan fingerprint density at radius 2 is 2.07 bits per heavy atom. The number of hydrogen-bond donors (Lipinski definition) is 1.